The van der Waals surface area contributed by atoms with Crippen LogP contribution in [0, 0.1) is 0 Å². The molecule has 0 radical (unpaired) electrons. The van der Waals surface area contributed by atoms with Crippen LogP contribution < -0.4 is 0 Å². The fourth-order valence-corrected chi connectivity index (χ4v) is 7.43. The van der Waals surface area contributed by atoms with Crippen LogP contribution in [-0.2, 0) is 0 Å². The summed E-state index contributed by atoms with van der Waals surface area (Å²) < 4.78 is 136. The molecule has 0 fully saturated rings. The molecule has 9 aromatic rings. The zero-order valence-electron chi connectivity index (χ0n) is 38.4. The predicted octanol–water partition coefficient (Wildman–Crippen LogP) is 13.0. The number of hydrogen-bond acceptors (Lipinski definition) is 1. The Bertz CT molecular complexity index is 3270. The van der Waals surface area contributed by atoms with Crippen LogP contribution in [0.4, 0.5) is 0 Å². The van der Waals surface area contributed by atoms with E-state index in [0.717, 1.165) is 26.3 Å². The number of thiophene rings is 1. The lowest BCUT2D eigenvalue weighted by Crippen LogP contribution is -1.92. The van der Waals surface area contributed by atoms with Crippen molar-refractivity contribution < 1.29 is 20.6 Å². The molecule has 0 unspecified atom stereocenters. The third-order valence-corrected chi connectivity index (χ3v) is 9.22. The van der Waals surface area contributed by atoms with E-state index in [1.165, 1.54) is 11.3 Å². The van der Waals surface area contributed by atoms with E-state index in [-0.39, 0.29) is 32.7 Å². The second-order valence-corrected chi connectivity index (χ2v) is 11.5. The molecule has 0 amide bonds. The van der Waals surface area contributed by atoms with Gasteiger partial charge in [0.1, 0.15) is 0 Å². The van der Waals surface area contributed by atoms with Crippen molar-refractivity contribution in [1.29, 1.82) is 0 Å². The van der Waals surface area contributed by atoms with Gasteiger partial charge in [0.05, 0.1) is 20.6 Å². The van der Waals surface area contributed by atoms with E-state index in [1.807, 2.05) is 66.7 Å². The molecule has 0 aliphatic carbocycles. The van der Waals surface area contributed by atoms with Gasteiger partial charge in [0.2, 0.25) is 0 Å². The summed E-state index contributed by atoms with van der Waals surface area (Å²) in [6.07, 6.45) is 0. The maximum Gasteiger partial charge on any atom is 0.0629 e. The molecule has 210 valence electrons. The first-order valence-electron chi connectivity index (χ1n) is 21.7. The van der Waals surface area contributed by atoms with E-state index in [1.54, 1.807) is 12.1 Å². The molecule has 0 saturated carbocycles. The Kier molecular flexibility index (Phi) is 3.53. The fourth-order valence-electron chi connectivity index (χ4n) is 6.17. The molecule has 0 aliphatic heterocycles. The molecular formula is C44H28S. The Morgan fingerprint density at radius 3 is 1.58 bits per heavy atom. The van der Waals surface area contributed by atoms with Gasteiger partial charge in [-0.25, -0.2) is 0 Å². The summed E-state index contributed by atoms with van der Waals surface area (Å²) in [4.78, 5) is 0.885. The van der Waals surface area contributed by atoms with Gasteiger partial charge in [-0.2, -0.15) is 0 Å². The van der Waals surface area contributed by atoms with Crippen LogP contribution in [0.1, 0.15) is 20.6 Å². The monoisotopic (exact) mass is 603 g/mol. The summed E-state index contributed by atoms with van der Waals surface area (Å²) in [5, 5.41) is -1.08. The average Bonchev–Trinajstić information content (AvgIpc) is 3.66. The van der Waals surface area contributed by atoms with Crippen LogP contribution in [0.5, 0.6) is 0 Å². The molecular weight excluding hydrogens is 561 g/mol. The molecule has 1 aromatic heterocycles. The van der Waals surface area contributed by atoms with Gasteiger partial charge in [-0.15, -0.1) is 11.3 Å². The molecule has 0 saturated heterocycles. The van der Waals surface area contributed by atoms with Crippen molar-refractivity contribution in [3.05, 3.63) is 169 Å². The maximum atomic E-state index is 9.55. The lowest BCUT2D eigenvalue weighted by molar-refractivity contribution is 1.65. The van der Waals surface area contributed by atoms with Crippen LogP contribution >= 0.6 is 11.3 Å². The largest absolute Gasteiger partial charge is 0.135 e. The van der Waals surface area contributed by atoms with Gasteiger partial charge >= 0.3 is 0 Å². The molecule has 0 aliphatic rings. The minimum Gasteiger partial charge on any atom is -0.135 e. The topological polar surface area (TPSA) is 0 Å². The van der Waals surface area contributed by atoms with Crippen molar-refractivity contribution >= 4 is 53.7 Å². The van der Waals surface area contributed by atoms with Crippen LogP contribution in [0.2, 0.25) is 0 Å². The minimum absolute atomic E-state index is 0.0592. The average molecular weight is 604 g/mol. The normalized spacial score (nSPS) is 16.2. The highest BCUT2D eigenvalue weighted by Gasteiger charge is 2.23. The highest BCUT2D eigenvalue weighted by molar-refractivity contribution is 7.23. The summed E-state index contributed by atoms with van der Waals surface area (Å²) in [6.45, 7) is 0. The van der Waals surface area contributed by atoms with Crippen molar-refractivity contribution in [1.82, 2.24) is 0 Å². The molecule has 0 nitrogen and oxygen atoms in total. The van der Waals surface area contributed by atoms with Gasteiger partial charge in [0.15, 0.2) is 0 Å². The van der Waals surface area contributed by atoms with Crippen LogP contribution in [0.15, 0.2) is 169 Å². The molecule has 0 atom stereocenters. The number of benzene rings is 8. The Morgan fingerprint density at radius 1 is 0.400 bits per heavy atom. The number of fused-ring (bicyclic) bond motifs is 4. The van der Waals surface area contributed by atoms with Gasteiger partial charge in [-0.1, -0.05) is 163 Å². The molecule has 1 heterocycles. The molecule has 0 spiro atoms. The third kappa shape index (κ3) is 4.13. The van der Waals surface area contributed by atoms with E-state index in [0.29, 0.717) is 10.9 Å². The van der Waals surface area contributed by atoms with Crippen molar-refractivity contribution in [2.24, 2.45) is 0 Å². The van der Waals surface area contributed by atoms with Gasteiger partial charge in [0.25, 0.3) is 0 Å². The third-order valence-electron chi connectivity index (χ3n) is 8.02. The summed E-state index contributed by atoms with van der Waals surface area (Å²) >= 11 is 1.49. The van der Waals surface area contributed by atoms with E-state index in [4.69, 9.17) is 13.7 Å². The van der Waals surface area contributed by atoms with Gasteiger partial charge in [-0.05, 0) is 71.8 Å². The number of rotatable bonds is 4. The Labute approximate surface area is 287 Å². The molecule has 9 rings (SSSR count). The maximum absolute atomic E-state index is 9.55. The van der Waals surface area contributed by atoms with E-state index in [2.05, 4.69) is 0 Å². The van der Waals surface area contributed by atoms with Crippen molar-refractivity contribution in [2.45, 2.75) is 0 Å². The zero-order valence-corrected chi connectivity index (χ0v) is 24.2. The predicted molar refractivity (Wildman–Crippen MR) is 196 cm³/mol. The van der Waals surface area contributed by atoms with Crippen LogP contribution in [0.25, 0.3) is 86.2 Å². The van der Waals surface area contributed by atoms with E-state index < -0.39 is 107 Å². The van der Waals surface area contributed by atoms with Crippen molar-refractivity contribution in [3.8, 4) is 43.8 Å². The lowest BCUT2D eigenvalue weighted by atomic mass is 9.83. The Balaban J connectivity index is 1.63. The molecule has 8 aromatic carbocycles. The zero-order chi connectivity index (χ0) is 42.8. The Morgan fingerprint density at radius 2 is 0.933 bits per heavy atom. The standard InChI is InChI=1S/C44H28S/c1-3-16-30(17-4-1)40-43-38(27-14-28-39(43)45-44(40)31-18-5-2-6-19-31)42-36-24-11-9-22-34(36)41(35-23-10-12-25-37(35)42)33-26-13-20-29-15-7-8-21-32(29)33/h1-28H/i7D,8D,9D,10D,11D,12D,13D,15D,20D,21D,22D,23D,24D,25D,26D. The minimum atomic E-state index is -0.751. The van der Waals surface area contributed by atoms with Gasteiger partial charge < -0.3 is 0 Å². The molecule has 1 heteroatoms. The van der Waals surface area contributed by atoms with Crippen molar-refractivity contribution in [2.75, 3.05) is 0 Å². The van der Waals surface area contributed by atoms with Crippen LogP contribution in [-0.4, -0.2) is 0 Å². The molecule has 0 N–H and O–H groups in total. The summed E-state index contributed by atoms with van der Waals surface area (Å²) in [7, 11) is 0. The second-order valence-electron chi connectivity index (χ2n) is 10.5. The first kappa shape index (κ1) is 15.0. The van der Waals surface area contributed by atoms with Crippen molar-refractivity contribution in [3.63, 3.8) is 0 Å². The highest BCUT2D eigenvalue weighted by Crippen LogP contribution is 2.51. The summed E-state index contributed by atoms with van der Waals surface area (Å²) in [5.41, 5.74) is 2.18. The Hall–Kier alpha value is -5.50. The highest BCUT2D eigenvalue weighted by atomic mass is 32.1. The van der Waals surface area contributed by atoms with Gasteiger partial charge in [0, 0.05) is 20.5 Å². The number of hydrogen-bond donors (Lipinski definition) is 0. The first-order chi connectivity index (χ1) is 28.6. The summed E-state index contributed by atoms with van der Waals surface area (Å²) in [6, 6.07) is 14.6. The fraction of sp³-hybridized carbons (Fsp3) is 0. The SMILES string of the molecule is [2H]c1c([2H])c([2H])c2c(-c3c4c([2H])c([2H])c([2H])c([2H])c4c(-c4cccc5sc(-c6ccccc6)c(-c6ccccc6)c45)c4c([2H])c([2H])c([2H])c([2H])c34)c([2H])c([2H])c([2H])c2c1[2H]. The molecule has 45 heavy (non-hydrogen) atoms. The smallest absolute Gasteiger partial charge is 0.0629 e. The lowest BCUT2D eigenvalue weighted by Gasteiger charge is -2.19. The second kappa shape index (κ2) is 10.6. The van der Waals surface area contributed by atoms with Crippen LogP contribution in [0.3, 0.4) is 0 Å². The quantitative estimate of drug-likeness (QED) is 0.176. The van der Waals surface area contributed by atoms with E-state index >= 15 is 0 Å². The first-order valence-corrected chi connectivity index (χ1v) is 15.0. The van der Waals surface area contributed by atoms with E-state index in [9.17, 15) is 6.85 Å². The van der Waals surface area contributed by atoms with Gasteiger partial charge in [-0.3, -0.25) is 0 Å². The summed E-state index contributed by atoms with van der Waals surface area (Å²) in [5.74, 6) is 0. The molecule has 0 bridgehead atoms.